The van der Waals surface area contributed by atoms with Gasteiger partial charge in [-0.3, -0.25) is 4.90 Å². The number of guanidine groups is 1. The Bertz CT molecular complexity index is 641. The Balaban J connectivity index is 1.94. The molecule has 0 radical (unpaired) electrons. The van der Waals surface area contributed by atoms with Gasteiger partial charge in [0.05, 0.1) is 18.8 Å². The second-order valence-electron chi connectivity index (χ2n) is 7.26. The summed E-state index contributed by atoms with van der Waals surface area (Å²) >= 11 is 0. The maximum Gasteiger partial charge on any atom is 0.251 e. The Morgan fingerprint density at radius 1 is 1.21 bits per heavy atom. The van der Waals surface area contributed by atoms with E-state index in [1.165, 1.54) is 0 Å². The van der Waals surface area contributed by atoms with Crippen molar-refractivity contribution in [3.63, 3.8) is 0 Å². The van der Waals surface area contributed by atoms with Gasteiger partial charge in [0.2, 0.25) is 0 Å². The predicted octanol–water partition coefficient (Wildman–Crippen LogP) is 3.46. The third-order valence-electron chi connectivity index (χ3n) is 5.20. The van der Waals surface area contributed by atoms with E-state index in [1.807, 2.05) is 37.8 Å². The summed E-state index contributed by atoms with van der Waals surface area (Å²) in [5.41, 5.74) is 1.42. The lowest BCUT2D eigenvalue weighted by Gasteiger charge is -2.32. The topological polar surface area (TPSA) is 42.9 Å². The second-order valence-corrected chi connectivity index (χ2v) is 7.26. The van der Waals surface area contributed by atoms with E-state index < -0.39 is 6.43 Å². The van der Waals surface area contributed by atoms with Crippen LogP contribution in [0.1, 0.15) is 39.2 Å². The minimum Gasteiger partial charge on any atom is -0.370 e. The number of rotatable bonds is 9. The van der Waals surface area contributed by atoms with Crippen LogP contribution in [0.3, 0.4) is 0 Å². The molecule has 1 heterocycles. The van der Waals surface area contributed by atoms with Gasteiger partial charge < -0.3 is 15.5 Å². The first-order valence-corrected chi connectivity index (χ1v) is 10.5. The van der Waals surface area contributed by atoms with E-state index in [9.17, 15) is 13.2 Å². The van der Waals surface area contributed by atoms with Crippen LogP contribution in [0.4, 0.5) is 18.9 Å². The molecule has 0 amide bonds. The molecular formula is C21H34F3N5. The molecule has 1 aliphatic rings. The van der Waals surface area contributed by atoms with Crippen LogP contribution in [0.25, 0.3) is 0 Å². The number of alkyl halides is 2. The molecule has 0 atom stereocenters. The van der Waals surface area contributed by atoms with Gasteiger partial charge in [0.1, 0.15) is 5.82 Å². The zero-order chi connectivity index (χ0) is 21.2. The smallest absolute Gasteiger partial charge is 0.251 e. The minimum atomic E-state index is -2.29. The summed E-state index contributed by atoms with van der Waals surface area (Å²) in [6.07, 6.45) is -0.693. The van der Waals surface area contributed by atoms with E-state index in [-0.39, 0.29) is 18.4 Å². The molecule has 1 aromatic rings. The highest BCUT2D eigenvalue weighted by Gasteiger charge is 2.22. The molecule has 1 aliphatic heterocycles. The van der Waals surface area contributed by atoms with Crippen LogP contribution in [0.5, 0.6) is 0 Å². The summed E-state index contributed by atoms with van der Waals surface area (Å²) in [6, 6.07) is 5.46. The summed E-state index contributed by atoms with van der Waals surface area (Å²) in [6.45, 7) is 9.75. The Morgan fingerprint density at radius 3 is 2.45 bits per heavy atom. The maximum absolute atomic E-state index is 14.5. The van der Waals surface area contributed by atoms with Crippen molar-refractivity contribution in [1.82, 2.24) is 15.5 Å². The largest absolute Gasteiger partial charge is 0.370 e. The summed E-state index contributed by atoms with van der Waals surface area (Å²) < 4.78 is 39.5. The Hall–Kier alpha value is -1.96. The SMILES string of the molecule is CCNC(=NCc1ccc(N(CC)CC)c(F)c1)NC1CCN(CC(F)F)CC1. The standard InChI is InChI=1S/C21H34F3N5/c1-4-25-21(27-17-9-11-28(12-10-17)15-20(23)24)26-14-16-7-8-19(18(22)13-16)29(5-2)6-3/h7-8,13,17,20H,4-6,9-12,14-15H2,1-3H3,(H2,25,26,27). The Morgan fingerprint density at radius 2 is 1.90 bits per heavy atom. The lowest BCUT2D eigenvalue weighted by molar-refractivity contribution is 0.0744. The van der Waals surface area contributed by atoms with Crippen molar-refractivity contribution in [2.75, 3.05) is 44.2 Å². The van der Waals surface area contributed by atoms with E-state index >= 15 is 0 Å². The summed E-state index contributed by atoms with van der Waals surface area (Å²) in [7, 11) is 0. The van der Waals surface area contributed by atoms with Gasteiger partial charge in [-0.2, -0.15) is 0 Å². The molecule has 0 unspecified atom stereocenters. The molecule has 1 aromatic carbocycles. The highest BCUT2D eigenvalue weighted by molar-refractivity contribution is 5.80. The Labute approximate surface area is 172 Å². The van der Waals surface area contributed by atoms with E-state index in [1.54, 1.807) is 11.0 Å². The van der Waals surface area contributed by atoms with Crippen LogP contribution in [0, 0.1) is 5.82 Å². The van der Waals surface area contributed by atoms with Crippen molar-refractivity contribution < 1.29 is 13.2 Å². The third kappa shape index (κ3) is 7.42. The van der Waals surface area contributed by atoms with Gasteiger partial charge in [0, 0.05) is 38.8 Å². The normalized spacial score (nSPS) is 16.3. The van der Waals surface area contributed by atoms with Crippen LogP contribution >= 0.6 is 0 Å². The molecule has 2 rings (SSSR count). The summed E-state index contributed by atoms with van der Waals surface area (Å²) in [4.78, 5) is 8.36. The van der Waals surface area contributed by atoms with Gasteiger partial charge in [-0.15, -0.1) is 0 Å². The first kappa shape index (κ1) is 23.3. The van der Waals surface area contributed by atoms with E-state index in [0.717, 1.165) is 31.5 Å². The lowest BCUT2D eigenvalue weighted by Crippen LogP contribution is -2.49. The first-order valence-electron chi connectivity index (χ1n) is 10.5. The molecule has 2 N–H and O–H groups in total. The first-order chi connectivity index (χ1) is 14.0. The van der Waals surface area contributed by atoms with Crippen LogP contribution < -0.4 is 15.5 Å². The molecule has 1 fully saturated rings. The molecule has 1 saturated heterocycles. The molecular weight excluding hydrogens is 379 g/mol. The molecule has 164 valence electrons. The number of halogens is 3. The van der Waals surface area contributed by atoms with Crippen molar-refractivity contribution >= 4 is 11.6 Å². The van der Waals surface area contributed by atoms with Crippen molar-refractivity contribution in [1.29, 1.82) is 0 Å². The number of anilines is 1. The van der Waals surface area contributed by atoms with Crippen molar-refractivity contribution in [3.8, 4) is 0 Å². The lowest BCUT2D eigenvalue weighted by atomic mass is 10.1. The fraction of sp³-hybridized carbons (Fsp3) is 0.667. The quantitative estimate of drug-likeness (QED) is 0.481. The number of benzene rings is 1. The molecule has 0 aliphatic carbocycles. The number of piperidine rings is 1. The van der Waals surface area contributed by atoms with Gasteiger partial charge in [-0.05, 0) is 51.3 Å². The van der Waals surface area contributed by atoms with Crippen LogP contribution in [-0.2, 0) is 6.54 Å². The van der Waals surface area contributed by atoms with Gasteiger partial charge in [-0.1, -0.05) is 6.07 Å². The van der Waals surface area contributed by atoms with E-state index in [4.69, 9.17) is 0 Å². The highest BCUT2D eigenvalue weighted by Crippen LogP contribution is 2.20. The number of aliphatic imine (C=N–C) groups is 1. The number of nitrogens with one attached hydrogen (secondary N) is 2. The molecule has 0 saturated carbocycles. The van der Waals surface area contributed by atoms with E-state index in [0.29, 0.717) is 37.8 Å². The molecule has 8 heteroatoms. The van der Waals surface area contributed by atoms with Gasteiger partial charge >= 0.3 is 0 Å². The zero-order valence-electron chi connectivity index (χ0n) is 17.7. The zero-order valence-corrected chi connectivity index (χ0v) is 17.7. The average molecular weight is 414 g/mol. The molecule has 5 nitrogen and oxygen atoms in total. The predicted molar refractivity (Wildman–Crippen MR) is 113 cm³/mol. The van der Waals surface area contributed by atoms with Crippen LogP contribution in [0.15, 0.2) is 23.2 Å². The molecule has 0 aromatic heterocycles. The number of hydrogen-bond acceptors (Lipinski definition) is 3. The fourth-order valence-corrected chi connectivity index (χ4v) is 3.61. The van der Waals surface area contributed by atoms with Gasteiger partial charge in [0.25, 0.3) is 6.43 Å². The molecule has 29 heavy (non-hydrogen) atoms. The molecule has 0 spiro atoms. The average Bonchev–Trinajstić information content (AvgIpc) is 2.69. The Kier molecular flexibility index (Phi) is 9.57. The number of likely N-dealkylation sites (tertiary alicyclic amines) is 1. The third-order valence-corrected chi connectivity index (χ3v) is 5.20. The van der Waals surface area contributed by atoms with E-state index in [2.05, 4.69) is 15.6 Å². The minimum absolute atomic E-state index is 0.157. The van der Waals surface area contributed by atoms with Crippen molar-refractivity contribution in [2.45, 2.75) is 52.6 Å². The summed E-state index contributed by atoms with van der Waals surface area (Å²) in [5, 5.41) is 6.60. The van der Waals surface area contributed by atoms with Gasteiger partial charge in [0.15, 0.2) is 5.96 Å². The van der Waals surface area contributed by atoms with Crippen molar-refractivity contribution in [2.24, 2.45) is 4.99 Å². The highest BCUT2D eigenvalue weighted by atomic mass is 19.3. The van der Waals surface area contributed by atoms with Gasteiger partial charge in [-0.25, -0.2) is 18.2 Å². The van der Waals surface area contributed by atoms with Crippen LogP contribution in [-0.4, -0.2) is 62.6 Å². The van der Waals surface area contributed by atoms with Crippen LogP contribution in [0.2, 0.25) is 0 Å². The monoisotopic (exact) mass is 413 g/mol. The number of hydrogen-bond donors (Lipinski definition) is 2. The second kappa shape index (κ2) is 11.9. The number of nitrogens with zero attached hydrogens (tertiary/aromatic N) is 3. The maximum atomic E-state index is 14.5. The summed E-state index contributed by atoms with van der Waals surface area (Å²) in [5.74, 6) is 0.443. The fourth-order valence-electron chi connectivity index (χ4n) is 3.61. The van der Waals surface area contributed by atoms with Crippen molar-refractivity contribution in [3.05, 3.63) is 29.6 Å². The molecule has 0 bridgehead atoms.